The van der Waals surface area contributed by atoms with Crippen LogP contribution >= 0.6 is 31.9 Å². The Labute approximate surface area is 181 Å². The average Bonchev–Trinajstić information content (AvgIpc) is 2.72. The van der Waals surface area contributed by atoms with Crippen LogP contribution < -0.4 is 9.47 Å². The lowest BCUT2D eigenvalue weighted by molar-refractivity contribution is 0.284. The van der Waals surface area contributed by atoms with E-state index in [4.69, 9.17) is 9.47 Å². The van der Waals surface area contributed by atoms with E-state index in [1.807, 2.05) is 72.8 Å². The van der Waals surface area contributed by atoms with Crippen LogP contribution in [0.4, 0.5) is 0 Å². The Morgan fingerprint density at radius 1 is 1.00 bits per heavy atom. The maximum Gasteiger partial charge on any atom is 0.162 e. The molecule has 0 fully saturated rings. The number of allylic oxidation sites excluding steroid dienone is 1. The standard InChI is InChI=1S/C23H17Br2NO2/c1-27-22-12-18(10-19(14-26)17-8-5-9-20(24)11-17)21(25)13-23(22)28-15-16-6-3-2-4-7-16/h2-13H,15H2,1H3/b19-10+. The summed E-state index contributed by atoms with van der Waals surface area (Å²) in [5.41, 5.74) is 3.31. The first-order valence-corrected chi connectivity index (χ1v) is 10.1. The van der Waals surface area contributed by atoms with E-state index in [0.29, 0.717) is 23.7 Å². The van der Waals surface area contributed by atoms with Gasteiger partial charge in [0.25, 0.3) is 0 Å². The molecule has 3 aromatic carbocycles. The summed E-state index contributed by atoms with van der Waals surface area (Å²) in [5, 5.41) is 9.61. The third-order valence-electron chi connectivity index (χ3n) is 4.08. The van der Waals surface area contributed by atoms with Gasteiger partial charge in [-0.05, 0) is 47.0 Å². The fraction of sp³-hybridized carbons (Fsp3) is 0.0870. The second-order valence-corrected chi connectivity index (χ2v) is 7.75. The van der Waals surface area contributed by atoms with E-state index in [1.165, 1.54) is 0 Å². The van der Waals surface area contributed by atoms with Crippen molar-refractivity contribution in [3.8, 4) is 17.6 Å². The first-order chi connectivity index (χ1) is 13.6. The Morgan fingerprint density at radius 3 is 2.46 bits per heavy atom. The zero-order valence-electron chi connectivity index (χ0n) is 15.2. The highest BCUT2D eigenvalue weighted by Gasteiger charge is 2.11. The molecule has 0 unspecified atom stereocenters. The van der Waals surface area contributed by atoms with E-state index >= 15 is 0 Å². The molecule has 0 N–H and O–H groups in total. The number of hydrogen-bond donors (Lipinski definition) is 0. The van der Waals surface area contributed by atoms with Crippen LogP contribution in [-0.2, 0) is 6.61 Å². The van der Waals surface area contributed by atoms with Crippen LogP contribution in [0.2, 0.25) is 0 Å². The van der Waals surface area contributed by atoms with Crippen molar-refractivity contribution in [3.05, 3.63) is 92.4 Å². The highest BCUT2D eigenvalue weighted by molar-refractivity contribution is 9.10. The van der Waals surface area contributed by atoms with E-state index < -0.39 is 0 Å². The van der Waals surface area contributed by atoms with Crippen LogP contribution in [0.3, 0.4) is 0 Å². The molecule has 0 saturated heterocycles. The average molecular weight is 499 g/mol. The highest BCUT2D eigenvalue weighted by Crippen LogP contribution is 2.36. The molecule has 0 aliphatic heterocycles. The predicted octanol–water partition coefficient (Wildman–Crippen LogP) is 6.86. The van der Waals surface area contributed by atoms with Gasteiger partial charge in [0.2, 0.25) is 0 Å². The quantitative estimate of drug-likeness (QED) is 0.275. The Bertz CT molecular complexity index is 1040. The molecule has 140 valence electrons. The molecular formula is C23H17Br2NO2. The normalized spacial score (nSPS) is 11.0. The zero-order valence-corrected chi connectivity index (χ0v) is 18.3. The Balaban J connectivity index is 1.91. The van der Waals surface area contributed by atoms with Crippen molar-refractivity contribution in [1.82, 2.24) is 0 Å². The van der Waals surface area contributed by atoms with Crippen molar-refractivity contribution in [2.24, 2.45) is 0 Å². The second kappa shape index (κ2) is 9.59. The van der Waals surface area contributed by atoms with Gasteiger partial charge < -0.3 is 9.47 Å². The molecule has 28 heavy (non-hydrogen) atoms. The van der Waals surface area contributed by atoms with Crippen molar-refractivity contribution in [2.75, 3.05) is 7.11 Å². The summed E-state index contributed by atoms with van der Waals surface area (Å²) in [6, 6.07) is 23.6. The van der Waals surface area contributed by atoms with Crippen LogP contribution in [0.1, 0.15) is 16.7 Å². The van der Waals surface area contributed by atoms with E-state index in [1.54, 1.807) is 7.11 Å². The highest BCUT2D eigenvalue weighted by atomic mass is 79.9. The maximum atomic E-state index is 9.61. The number of benzene rings is 3. The Hall–Kier alpha value is -2.55. The van der Waals surface area contributed by atoms with Gasteiger partial charge in [-0.1, -0.05) is 74.3 Å². The first kappa shape index (κ1) is 20.2. The molecule has 0 radical (unpaired) electrons. The molecule has 0 bridgehead atoms. The molecule has 0 amide bonds. The number of nitriles is 1. The van der Waals surface area contributed by atoms with Crippen LogP contribution in [0, 0.1) is 11.3 Å². The molecule has 0 spiro atoms. The summed E-state index contributed by atoms with van der Waals surface area (Å²) < 4.78 is 13.2. The number of methoxy groups -OCH3 is 1. The third kappa shape index (κ3) is 5.03. The van der Waals surface area contributed by atoms with Gasteiger partial charge in [0.1, 0.15) is 6.61 Å². The topological polar surface area (TPSA) is 42.2 Å². The molecule has 0 aliphatic carbocycles. The smallest absolute Gasteiger partial charge is 0.162 e. The van der Waals surface area contributed by atoms with Crippen LogP contribution in [0.15, 0.2) is 75.7 Å². The third-order valence-corrected chi connectivity index (χ3v) is 5.26. The summed E-state index contributed by atoms with van der Waals surface area (Å²) in [4.78, 5) is 0. The molecule has 3 rings (SSSR count). The second-order valence-electron chi connectivity index (χ2n) is 5.98. The van der Waals surface area contributed by atoms with Gasteiger partial charge in [-0.3, -0.25) is 0 Å². The Kier molecular flexibility index (Phi) is 6.91. The van der Waals surface area contributed by atoms with Crippen LogP contribution in [0.5, 0.6) is 11.5 Å². The van der Waals surface area contributed by atoms with E-state index in [9.17, 15) is 5.26 Å². The van der Waals surface area contributed by atoms with Gasteiger partial charge in [0.15, 0.2) is 11.5 Å². The molecule has 5 heteroatoms. The minimum Gasteiger partial charge on any atom is -0.493 e. The van der Waals surface area contributed by atoms with Gasteiger partial charge in [-0.2, -0.15) is 5.26 Å². The van der Waals surface area contributed by atoms with E-state index in [2.05, 4.69) is 37.9 Å². The zero-order chi connectivity index (χ0) is 19.9. The van der Waals surface area contributed by atoms with Crippen molar-refractivity contribution in [1.29, 1.82) is 5.26 Å². The van der Waals surface area contributed by atoms with Crippen LogP contribution in [0.25, 0.3) is 11.6 Å². The summed E-state index contributed by atoms with van der Waals surface area (Å²) in [6.45, 7) is 0.445. The van der Waals surface area contributed by atoms with Gasteiger partial charge in [-0.25, -0.2) is 0 Å². The van der Waals surface area contributed by atoms with E-state index in [0.717, 1.165) is 25.6 Å². The summed E-state index contributed by atoms with van der Waals surface area (Å²) in [6.07, 6.45) is 1.83. The van der Waals surface area contributed by atoms with Crippen molar-refractivity contribution >= 4 is 43.5 Å². The van der Waals surface area contributed by atoms with E-state index in [-0.39, 0.29) is 0 Å². The molecule has 0 aromatic heterocycles. The maximum absolute atomic E-state index is 9.61. The van der Waals surface area contributed by atoms with Gasteiger partial charge >= 0.3 is 0 Å². The molecule has 0 saturated carbocycles. The van der Waals surface area contributed by atoms with Crippen molar-refractivity contribution < 1.29 is 9.47 Å². The fourth-order valence-electron chi connectivity index (χ4n) is 2.66. The number of hydrogen-bond acceptors (Lipinski definition) is 3. The summed E-state index contributed by atoms with van der Waals surface area (Å²) >= 11 is 7.03. The lowest BCUT2D eigenvalue weighted by atomic mass is 10.0. The predicted molar refractivity (Wildman–Crippen MR) is 119 cm³/mol. The largest absolute Gasteiger partial charge is 0.493 e. The van der Waals surface area contributed by atoms with Crippen molar-refractivity contribution in [2.45, 2.75) is 6.61 Å². The summed E-state index contributed by atoms with van der Waals surface area (Å²) in [7, 11) is 1.60. The molecule has 3 nitrogen and oxygen atoms in total. The lowest BCUT2D eigenvalue weighted by Gasteiger charge is -2.13. The van der Waals surface area contributed by atoms with Crippen LogP contribution in [-0.4, -0.2) is 7.11 Å². The van der Waals surface area contributed by atoms with Crippen molar-refractivity contribution in [3.63, 3.8) is 0 Å². The number of ether oxygens (including phenoxy) is 2. The molecule has 0 atom stereocenters. The SMILES string of the molecule is COc1cc(/C=C(\C#N)c2cccc(Br)c2)c(Br)cc1OCc1ccccc1. The van der Waals surface area contributed by atoms with Gasteiger partial charge in [0.05, 0.1) is 18.8 Å². The Morgan fingerprint density at radius 2 is 1.79 bits per heavy atom. The minimum atomic E-state index is 0.445. The van der Waals surface area contributed by atoms with Gasteiger partial charge in [0, 0.05) is 8.95 Å². The first-order valence-electron chi connectivity index (χ1n) is 8.52. The molecule has 3 aromatic rings. The van der Waals surface area contributed by atoms with Gasteiger partial charge in [-0.15, -0.1) is 0 Å². The molecular weight excluding hydrogens is 482 g/mol. The lowest BCUT2D eigenvalue weighted by Crippen LogP contribution is -1.98. The minimum absolute atomic E-state index is 0.445. The number of rotatable bonds is 6. The number of halogens is 2. The molecule has 0 aliphatic rings. The summed E-state index contributed by atoms with van der Waals surface area (Å²) in [5.74, 6) is 1.24. The molecule has 0 heterocycles. The number of nitrogens with zero attached hydrogens (tertiary/aromatic N) is 1. The fourth-order valence-corrected chi connectivity index (χ4v) is 3.50. The monoisotopic (exact) mass is 497 g/mol.